The number of Topliss-reactive ketones (excluding diaryl/α,β-unsaturated/α-hetero) is 1. The van der Waals surface area contributed by atoms with Crippen LogP contribution in [0.4, 0.5) is 0 Å². The van der Waals surface area contributed by atoms with Gasteiger partial charge in [0, 0.05) is 25.2 Å². The molecule has 2 saturated heterocycles. The van der Waals surface area contributed by atoms with Gasteiger partial charge in [0.05, 0.1) is 30.8 Å². The molecule has 2 fully saturated rings. The molecule has 0 spiro atoms. The predicted molar refractivity (Wildman–Crippen MR) is 139 cm³/mol. The van der Waals surface area contributed by atoms with Crippen molar-refractivity contribution in [2.75, 3.05) is 0 Å². The minimum Gasteiger partial charge on any atom is -0.457 e. The van der Waals surface area contributed by atoms with E-state index in [1.54, 1.807) is 0 Å². The molecule has 35 heavy (non-hydrogen) atoms. The van der Waals surface area contributed by atoms with Crippen LogP contribution in [0.1, 0.15) is 85.5 Å². The first kappa shape index (κ1) is 27.6. The number of ether oxygens (including phenoxy) is 3. The van der Waals surface area contributed by atoms with E-state index in [0.717, 1.165) is 38.5 Å². The Morgan fingerprint density at radius 3 is 2.40 bits per heavy atom. The van der Waals surface area contributed by atoms with Gasteiger partial charge in [-0.25, -0.2) is 0 Å². The first-order chi connectivity index (χ1) is 16.8. The predicted octanol–water partition coefficient (Wildman–Crippen LogP) is 6.43. The molecule has 0 saturated carbocycles. The van der Waals surface area contributed by atoms with Crippen LogP contribution in [0, 0.1) is 11.8 Å². The molecule has 4 bridgehead atoms. The lowest BCUT2D eigenvalue weighted by Gasteiger charge is -2.36. The summed E-state index contributed by atoms with van der Waals surface area (Å²) in [6.45, 7) is 8.53. The number of hydrogen-bond acceptors (Lipinski definition) is 5. The van der Waals surface area contributed by atoms with Crippen LogP contribution in [0.25, 0.3) is 0 Å². The first-order valence-corrected chi connectivity index (χ1v) is 13.5. The van der Waals surface area contributed by atoms with Crippen LogP contribution in [0.5, 0.6) is 0 Å². The summed E-state index contributed by atoms with van der Waals surface area (Å²) in [5.74, 6) is 0.231. The van der Waals surface area contributed by atoms with Crippen LogP contribution in [-0.4, -0.2) is 42.3 Å². The molecule has 0 aromatic carbocycles. The van der Waals surface area contributed by atoms with Gasteiger partial charge < -0.3 is 14.2 Å². The Labute approximate surface area is 211 Å². The Bertz CT molecular complexity index is 823. The normalized spacial score (nSPS) is 36.0. The van der Waals surface area contributed by atoms with Crippen molar-refractivity contribution in [3.8, 4) is 0 Å². The van der Waals surface area contributed by atoms with Crippen LogP contribution >= 0.6 is 0 Å². The molecule has 0 aromatic rings. The molecule has 3 aliphatic heterocycles. The maximum Gasteiger partial charge on any atom is 0.309 e. The number of hydrogen-bond donors (Lipinski definition) is 0. The number of cyclic esters (lactones) is 1. The lowest BCUT2D eigenvalue weighted by Crippen LogP contribution is -2.39. The summed E-state index contributed by atoms with van der Waals surface area (Å²) in [5.41, 5.74) is 1.31. The Morgan fingerprint density at radius 1 is 0.914 bits per heavy atom. The monoisotopic (exact) mass is 484 g/mol. The molecular formula is C30H44O5. The van der Waals surface area contributed by atoms with Crippen molar-refractivity contribution >= 4 is 11.8 Å². The lowest BCUT2D eigenvalue weighted by atomic mass is 9.91. The van der Waals surface area contributed by atoms with E-state index in [1.807, 2.05) is 24.3 Å². The molecule has 0 aromatic heterocycles. The van der Waals surface area contributed by atoms with Gasteiger partial charge >= 0.3 is 5.97 Å². The SMILES string of the molecule is CCC(C)=CC=CC=CC1OC(=O)CC2CC(=O)CC(CC3CCC[C@H](C[C@@H](C)C=C[C@@H]1C)O3)O2. The fourth-order valence-electron chi connectivity index (χ4n) is 5.09. The number of fused-ring (bicyclic) bond motifs is 4. The van der Waals surface area contributed by atoms with Gasteiger partial charge in [-0.15, -0.1) is 0 Å². The van der Waals surface area contributed by atoms with Crippen molar-refractivity contribution < 1.29 is 23.8 Å². The molecule has 3 rings (SSSR count). The Hall–Kier alpha value is -1.98. The minimum absolute atomic E-state index is 0.0218. The smallest absolute Gasteiger partial charge is 0.309 e. The highest BCUT2D eigenvalue weighted by atomic mass is 16.5. The third kappa shape index (κ3) is 9.53. The topological polar surface area (TPSA) is 61.8 Å². The van der Waals surface area contributed by atoms with E-state index in [1.165, 1.54) is 5.57 Å². The fourth-order valence-corrected chi connectivity index (χ4v) is 5.09. The van der Waals surface area contributed by atoms with Crippen LogP contribution in [0.2, 0.25) is 0 Å². The second-order valence-electron chi connectivity index (χ2n) is 10.6. The largest absolute Gasteiger partial charge is 0.457 e. The van der Waals surface area contributed by atoms with Crippen molar-refractivity contribution in [3.63, 3.8) is 0 Å². The molecule has 0 amide bonds. The van der Waals surface area contributed by atoms with Gasteiger partial charge in [-0.1, -0.05) is 62.8 Å². The summed E-state index contributed by atoms with van der Waals surface area (Å²) in [6.07, 6.45) is 20.5. The maximum atomic E-state index is 12.9. The highest BCUT2D eigenvalue weighted by Crippen LogP contribution is 2.31. The Balaban J connectivity index is 1.76. The van der Waals surface area contributed by atoms with Crippen LogP contribution in [-0.2, 0) is 23.8 Å². The molecule has 4 unspecified atom stereocenters. The van der Waals surface area contributed by atoms with E-state index >= 15 is 0 Å². The zero-order chi connectivity index (χ0) is 25.2. The highest BCUT2D eigenvalue weighted by Gasteiger charge is 2.34. The second-order valence-corrected chi connectivity index (χ2v) is 10.6. The number of esters is 1. The van der Waals surface area contributed by atoms with Gasteiger partial charge in [-0.05, 0) is 51.0 Å². The number of ketones is 1. The van der Waals surface area contributed by atoms with Gasteiger partial charge in [0.25, 0.3) is 0 Å². The van der Waals surface area contributed by atoms with E-state index in [4.69, 9.17) is 14.2 Å². The second kappa shape index (κ2) is 13.9. The molecular weight excluding hydrogens is 440 g/mol. The maximum absolute atomic E-state index is 12.9. The molecule has 5 heteroatoms. The van der Waals surface area contributed by atoms with Crippen molar-refractivity contribution in [2.45, 2.75) is 116 Å². The van der Waals surface area contributed by atoms with E-state index in [2.05, 4.69) is 45.9 Å². The van der Waals surface area contributed by atoms with Crippen molar-refractivity contribution in [3.05, 3.63) is 48.1 Å². The van der Waals surface area contributed by atoms with Crippen LogP contribution < -0.4 is 0 Å². The fraction of sp³-hybridized carbons (Fsp3) is 0.667. The molecule has 0 aliphatic carbocycles. The summed E-state index contributed by atoms with van der Waals surface area (Å²) < 4.78 is 18.5. The number of rotatable bonds is 4. The molecule has 0 N–H and O–H groups in total. The lowest BCUT2D eigenvalue weighted by molar-refractivity contribution is -0.158. The third-order valence-corrected chi connectivity index (χ3v) is 7.28. The first-order valence-electron chi connectivity index (χ1n) is 13.5. The zero-order valence-electron chi connectivity index (χ0n) is 22.0. The van der Waals surface area contributed by atoms with E-state index < -0.39 is 6.10 Å². The van der Waals surface area contributed by atoms with E-state index in [-0.39, 0.29) is 54.9 Å². The average Bonchev–Trinajstić information content (AvgIpc) is 2.80. The summed E-state index contributed by atoms with van der Waals surface area (Å²) >= 11 is 0. The number of allylic oxidation sites excluding steroid dienone is 6. The van der Waals surface area contributed by atoms with Crippen LogP contribution in [0.15, 0.2) is 48.1 Å². The van der Waals surface area contributed by atoms with Crippen molar-refractivity contribution in [2.24, 2.45) is 11.8 Å². The molecule has 7 atom stereocenters. The summed E-state index contributed by atoms with van der Waals surface area (Å²) in [6, 6.07) is 0. The average molecular weight is 485 g/mol. The van der Waals surface area contributed by atoms with Gasteiger partial charge in [-0.3, -0.25) is 9.59 Å². The van der Waals surface area contributed by atoms with Gasteiger partial charge in [0.1, 0.15) is 11.9 Å². The van der Waals surface area contributed by atoms with Crippen molar-refractivity contribution in [1.29, 1.82) is 0 Å². The molecule has 194 valence electrons. The van der Waals surface area contributed by atoms with Gasteiger partial charge in [0.15, 0.2) is 0 Å². The molecule has 5 nitrogen and oxygen atoms in total. The zero-order valence-corrected chi connectivity index (χ0v) is 22.0. The third-order valence-electron chi connectivity index (χ3n) is 7.28. The number of carbonyl (C=O) groups excluding carboxylic acids is 2. The molecule has 0 radical (unpaired) electrons. The summed E-state index contributed by atoms with van der Waals surface area (Å²) in [5, 5.41) is 0. The summed E-state index contributed by atoms with van der Waals surface area (Å²) in [4.78, 5) is 25.3. The molecule has 3 aliphatic rings. The molecule has 3 heterocycles. The number of carbonyl (C=O) groups is 2. The Morgan fingerprint density at radius 2 is 1.63 bits per heavy atom. The standard InChI is InChI=1S/C30H44O5/c1-5-21(2)10-7-6-8-13-29-23(4)15-14-22(3)16-25-11-9-12-26(33-25)19-27-17-24(31)18-28(34-27)20-30(32)35-29/h6-8,10,13-15,22-23,25-29H,5,9,11-12,16-20H2,1-4H3/t22-,23-,25+,26?,27?,28?,29?/m0/s1. The van der Waals surface area contributed by atoms with Crippen molar-refractivity contribution in [1.82, 2.24) is 0 Å². The quantitative estimate of drug-likeness (QED) is 0.261. The van der Waals surface area contributed by atoms with Gasteiger partial charge in [0.2, 0.25) is 0 Å². The minimum atomic E-state index is -0.418. The van der Waals surface area contributed by atoms with Gasteiger partial charge in [-0.2, -0.15) is 0 Å². The Kier molecular flexibility index (Phi) is 11.0. The van der Waals surface area contributed by atoms with E-state index in [9.17, 15) is 9.59 Å². The van der Waals surface area contributed by atoms with Crippen LogP contribution in [0.3, 0.4) is 0 Å². The van der Waals surface area contributed by atoms with E-state index in [0.29, 0.717) is 12.3 Å². The summed E-state index contributed by atoms with van der Waals surface area (Å²) in [7, 11) is 0. The highest BCUT2D eigenvalue weighted by molar-refractivity contribution is 5.81.